The topological polar surface area (TPSA) is 63.0 Å². The van der Waals surface area contributed by atoms with E-state index in [1.54, 1.807) is 28.4 Å². The Hall–Kier alpha value is -3.06. The van der Waals surface area contributed by atoms with Crippen LogP contribution < -0.4 is 4.74 Å². The maximum absolute atomic E-state index is 13.4. The van der Waals surface area contributed by atoms with Gasteiger partial charge in [0.2, 0.25) is 5.91 Å². The first-order chi connectivity index (χ1) is 15.2. The number of amides is 2. The summed E-state index contributed by atoms with van der Waals surface area (Å²) in [5, 5.41) is 2.07. The lowest BCUT2D eigenvalue weighted by atomic mass is 10.0. The third kappa shape index (κ3) is 4.82. The third-order valence-electron chi connectivity index (χ3n) is 5.41. The molecule has 0 bridgehead atoms. The molecule has 31 heavy (non-hydrogen) atoms. The summed E-state index contributed by atoms with van der Waals surface area (Å²) in [4.78, 5) is 30.9. The second-order valence-corrected chi connectivity index (χ2v) is 8.48. The number of rotatable bonds is 8. The number of thiophene rings is 1. The number of hydrogen-bond donors (Lipinski definition) is 0. The molecule has 0 fully saturated rings. The Morgan fingerprint density at radius 3 is 2.77 bits per heavy atom. The lowest BCUT2D eigenvalue weighted by Gasteiger charge is -2.37. The molecule has 3 heterocycles. The Bertz CT molecular complexity index is 1000. The van der Waals surface area contributed by atoms with Gasteiger partial charge in [-0.2, -0.15) is 0 Å². The molecule has 3 aromatic rings. The fourth-order valence-corrected chi connectivity index (χ4v) is 4.83. The number of carbonyl (C=O) groups is 2. The number of furan rings is 1. The minimum Gasteiger partial charge on any atom is -0.491 e. The first-order valence-electron chi connectivity index (χ1n) is 10.5. The molecule has 1 aromatic carbocycles. The quantitative estimate of drug-likeness (QED) is 0.523. The summed E-state index contributed by atoms with van der Waals surface area (Å²) in [6, 6.07) is 14.8. The van der Waals surface area contributed by atoms with Crippen LogP contribution in [0.4, 0.5) is 0 Å². The van der Waals surface area contributed by atoms with Crippen LogP contribution in [0.1, 0.15) is 40.4 Å². The summed E-state index contributed by atoms with van der Waals surface area (Å²) in [7, 11) is 0. The summed E-state index contributed by atoms with van der Waals surface area (Å²) >= 11 is 1.72. The van der Waals surface area contributed by atoms with Crippen LogP contribution in [0.5, 0.6) is 5.75 Å². The van der Waals surface area contributed by atoms with E-state index in [0.717, 1.165) is 24.2 Å². The average molecular weight is 439 g/mol. The minimum absolute atomic E-state index is 0.0225. The van der Waals surface area contributed by atoms with Gasteiger partial charge in [-0.3, -0.25) is 9.59 Å². The average Bonchev–Trinajstić information content (AvgIpc) is 3.49. The first kappa shape index (κ1) is 21.2. The summed E-state index contributed by atoms with van der Waals surface area (Å²) in [5.74, 6) is 0.694. The fraction of sp³-hybridized carbons (Fsp3) is 0.333. The number of ether oxygens (including phenoxy) is 1. The molecule has 0 aliphatic carbocycles. The number of fused-ring (bicyclic) bond motifs is 1. The molecule has 1 aliphatic heterocycles. The second kappa shape index (κ2) is 9.83. The van der Waals surface area contributed by atoms with Crippen LogP contribution in [-0.4, -0.2) is 47.9 Å². The van der Waals surface area contributed by atoms with E-state index in [1.165, 1.54) is 11.1 Å². The van der Waals surface area contributed by atoms with Crippen LogP contribution in [0.25, 0.3) is 0 Å². The molecule has 1 atom stereocenters. The number of nitrogens with zero attached hydrogens (tertiary/aromatic N) is 2. The maximum atomic E-state index is 13.4. The molecule has 4 rings (SSSR count). The number of hydrogen-bond acceptors (Lipinski definition) is 5. The Labute approximate surface area is 186 Å². The third-order valence-corrected chi connectivity index (χ3v) is 6.40. The van der Waals surface area contributed by atoms with Crippen LogP contribution in [0.15, 0.2) is 64.6 Å². The molecular weight excluding hydrogens is 412 g/mol. The number of carbonyl (C=O) groups excluding carboxylic acids is 2. The van der Waals surface area contributed by atoms with Crippen molar-refractivity contribution >= 4 is 23.2 Å². The van der Waals surface area contributed by atoms with Gasteiger partial charge < -0.3 is 19.0 Å². The molecule has 1 aliphatic rings. The fourth-order valence-electron chi connectivity index (χ4n) is 3.90. The molecule has 0 radical (unpaired) electrons. The monoisotopic (exact) mass is 438 g/mol. The van der Waals surface area contributed by atoms with Crippen LogP contribution in [0, 0.1) is 0 Å². The zero-order chi connectivity index (χ0) is 21.6. The van der Waals surface area contributed by atoms with Crippen molar-refractivity contribution in [3.05, 3.63) is 76.4 Å². The molecule has 0 spiro atoms. The zero-order valence-corrected chi connectivity index (χ0v) is 18.3. The normalized spacial score (nSPS) is 15.4. The Kier molecular flexibility index (Phi) is 6.72. The van der Waals surface area contributed by atoms with E-state index in [2.05, 4.69) is 11.4 Å². The van der Waals surface area contributed by atoms with Crippen molar-refractivity contribution in [2.24, 2.45) is 0 Å². The molecule has 0 N–H and O–H groups in total. The highest BCUT2D eigenvalue weighted by molar-refractivity contribution is 7.10. The molecule has 0 saturated heterocycles. The van der Waals surface area contributed by atoms with Gasteiger partial charge in [0.15, 0.2) is 5.76 Å². The number of benzene rings is 1. The van der Waals surface area contributed by atoms with Crippen molar-refractivity contribution < 1.29 is 18.7 Å². The first-order valence-corrected chi connectivity index (χ1v) is 11.4. The molecule has 0 unspecified atom stereocenters. The van der Waals surface area contributed by atoms with E-state index in [1.807, 2.05) is 42.2 Å². The molecule has 7 heteroatoms. The second-order valence-electron chi connectivity index (χ2n) is 7.48. The summed E-state index contributed by atoms with van der Waals surface area (Å²) in [6.45, 7) is 3.49. The van der Waals surface area contributed by atoms with Gasteiger partial charge in [0.05, 0.1) is 12.3 Å². The van der Waals surface area contributed by atoms with Crippen molar-refractivity contribution in [1.29, 1.82) is 0 Å². The standard InChI is InChI=1S/C24H26N2O4S/c1-2-12-25(24(28)21-9-6-14-29-21)16-23(27)26-13-10-22-19(11-15-31-22)20(26)17-30-18-7-4-3-5-8-18/h3-9,11,14-15,20H,2,10,12-13,16-17H2,1H3/t20-/m1/s1. The smallest absolute Gasteiger partial charge is 0.290 e. The molecular formula is C24H26N2O4S. The predicted octanol–water partition coefficient (Wildman–Crippen LogP) is 4.40. The highest BCUT2D eigenvalue weighted by Crippen LogP contribution is 2.34. The van der Waals surface area contributed by atoms with Gasteiger partial charge in [0.1, 0.15) is 18.9 Å². The molecule has 2 aromatic heterocycles. The lowest BCUT2D eigenvalue weighted by Crippen LogP contribution is -2.48. The number of para-hydroxylation sites is 1. The summed E-state index contributed by atoms with van der Waals surface area (Å²) in [5.41, 5.74) is 1.14. The van der Waals surface area contributed by atoms with E-state index in [4.69, 9.17) is 9.15 Å². The zero-order valence-electron chi connectivity index (χ0n) is 17.5. The highest BCUT2D eigenvalue weighted by atomic mass is 32.1. The van der Waals surface area contributed by atoms with Crippen molar-refractivity contribution in [3.8, 4) is 5.75 Å². The Morgan fingerprint density at radius 2 is 2.03 bits per heavy atom. The molecule has 0 saturated carbocycles. The van der Waals surface area contributed by atoms with Gasteiger partial charge in [-0.25, -0.2) is 0 Å². The highest BCUT2D eigenvalue weighted by Gasteiger charge is 2.33. The van der Waals surface area contributed by atoms with Gasteiger partial charge in [-0.15, -0.1) is 11.3 Å². The van der Waals surface area contributed by atoms with E-state index >= 15 is 0 Å². The van der Waals surface area contributed by atoms with Crippen LogP contribution in [0.2, 0.25) is 0 Å². The van der Waals surface area contributed by atoms with E-state index in [0.29, 0.717) is 19.7 Å². The van der Waals surface area contributed by atoms with E-state index in [9.17, 15) is 9.59 Å². The van der Waals surface area contributed by atoms with Crippen LogP contribution >= 0.6 is 11.3 Å². The minimum atomic E-state index is -0.259. The molecule has 162 valence electrons. The lowest BCUT2D eigenvalue weighted by molar-refractivity contribution is -0.135. The van der Waals surface area contributed by atoms with Crippen LogP contribution in [-0.2, 0) is 11.2 Å². The SMILES string of the molecule is CCCN(CC(=O)N1CCc2sccc2[C@H]1COc1ccccc1)C(=O)c1ccco1. The van der Waals surface area contributed by atoms with Gasteiger partial charge in [-0.1, -0.05) is 25.1 Å². The van der Waals surface area contributed by atoms with Gasteiger partial charge in [-0.05, 0) is 54.1 Å². The maximum Gasteiger partial charge on any atom is 0.290 e. The molecule has 2 amide bonds. The Morgan fingerprint density at radius 1 is 1.19 bits per heavy atom. The molecule has 6 nitrogen and oxygen atoms in total. The van der Waals surface area contributed by atoms with Gasteiger partial charge in [0, 0.05) is 18.0 Å². The van der Waals surface area contributed by atoms with Gasteiger partial charge >= 0.3 is 0 Å². The largest absolute Gasteiger partial charge is 0.491 e. The predicted molar refractivity (Wildman–Crippen MR) is 119 cm³/mol. The van der Waals surface area contributed by atoms with Crippen molar-refractivity contribution in [2.75, 3.05) is 26.2 Å². The summed E-state index contributed by atoms with van der Waals surface area (Å²) < 4.78 is 11.3. The summed E-state index contributed by atoms with van der Waals surface area (Å²) in [6.07, 6.45) is 3.05. The van der Waals surface area contributed by atoms with Crippen molar-refractivity contribution in [3.63, 3.8) is 0 Å². The van der Waals surface area contributed by atoms with Crippen LogP contribution in [0.3, 0.4) is 0 Å². The van der Waals surface area contributed by atoms with Crippen molar-refractivity contribution in [1.82, 2.24) is 9.80 Å². The van der Waals surface area contributed by atoms with Gasteiger partial charge in [0.25, 0.3) is 5.91 Å². The van der Waals surface area contributed by atoms with E-state index in [-0.39, 0.29) is 30.2 Å². The Balaban J connectivity index is 1.51. The van der Waals surface area contributed by atoms with Crippen molar-refractivity contribution in [2.45, 2.75) is 25.8 Å². The van der Waals surface area contributed by atoms with E-state index < -0.39 is 0 Å².